The van der Waals surface area contributed by atoms with Crippen molar-refractivity contribution in [3.05, 3.63) is 142 Å². The van der Waals surface area contributed by atoms with Crippen LogP contribution in [-0.4, -0.2) is 34.0 Å². The first kappa shape index (κ1) is 28.7. The van der Waals surface area contributed by atoms with Gasteiger partial charge in [-0.2, -0.15) is 5.10 Å². The van der Waals surface area contributed by atoms with E-state index in [1.807, 2.05) is 103 Å². The van der Waals surface area contributed by atoms with E-state index in [0.29, 0.717) is 55.4 Å². The van der Waals surface area contributed by atoms with Crippen molar-refractivity contribution >= 4 is 22.4 Å². The fourth-order valence-corrected chi connectivity index (χ4v) is 5.35. The van der Waals surface area contributed by atoms with Crippen molar-refractivity contribution < 1.29 is 14.3 Å². The molecule has 222 valence electrons. The molecule has 0 saturated heterocycles. The smallest absolute Gasteiger partial charge is 0.272 e. The lowest BCUT2D eigenvalue weighted by Gasteiger charge is -2.33. The van der Waals surface area contributed by atoms with Crippen LogP contribution < -0.4 is 20.3 Å². The minimum Gasteiger partial charge on any atom is -0.489 e. The molecule has 1 aliphatic rings. The number of H-pyrrole nitrogens is 1. The lowest BCUT2D eigenvalue weighted by molar-refractivity contribution is -0.116. The molecule has 0 amide bonds. The summed E-state index contributed by atoms with van der Waals surface area (Å²) in [4.78, 5) is 27.0. The molecular weight excluding hydrogens is 552 g/mol. The SMILES string of the molecule is O=C1C=CN(CCCNc2n[nH]c(=O)c3ccccc23)C(c2cc(OCc3ccccc3)cc(OCc3ccccc3)c2)C1. The Balaban J connectivity index is 1.18. The summed E-state index contributed by atoms with van der Waals surface area (Å²) in [6, 6.07) is 33.2. The highest BCUT2D eigenvalue weighted by Gasteiger charge is 2.25. The predicted octanol–water partition coefficient (Wildman–Crippen LogP) is 6.41. The van der Waals surface area contributed by atoms with Crippen LogP contribution in [0.25, 0.3) is 10.8 Å². The number of carbonyl (C=O) groups excluding carboxylic acids is 1. The molecule has 0 saturated carbocycles. The summed E-state index contributed by atoms with van der Waals surface area (Å²) in [7, 11) is 0. The number of fused-ring (bicyclic) bond motifs is 1. The topological polar surface area (TPSA) is 96.6 Å². The minimum atomic E-state index is -0.209. The molecule has 1 aliphatic heterocycles. The molecule has 0 spiro atoms. The first-order valence-corrected chi connectivity index (χ1v) is 14.8. The van der Waals surface area contributed by atoms with Crippen LogP contribution in [0, 0.1) is 0 Å². The number of allylic oxidation sites excluding steroid dienone is 1. The summed E-state index contributed by atoms with van der Waals surface area (Å²) in [5.41, 5.74) is 2.88. The number of aromatic nitrogens is 2. The summed E-state index contributed by atoms with van der Waals surface area (Å²) in [5.74, 6) is 2.10. The maximum Gasteiger partial charge on any atom is 0.272 e. The molecule has 2 N–H and O–H groups in total. The summed E-state index contributed by atoms with van der Waals surface area (Å²) < 4.78 is 12.5. The van der Waals surface area contributed by atoms with Gasteiger partial charge in [0.1, 0.15) is 24.7 Å². The van der Waals surface area contributed by atoms with Crippen molar-refractivity contribution in [1.82, 2.24) is 15.1 Å². The van der Waals surface area contributed by atoms with E-state index in [2.05, 4.69) is 20.4 Å². The Morgan fingerprint density at radius 2 is 1.41 bits per heavy atom. The fraction of sp³-hybridized carbons (Fsp3) is 0.194. The lowest BCUT2D eigenvalue weighted by atomic mass is 9.96. The summed E-state index contributed by atoms with van der Waals surface area (Å²) in [6.07, 6.45) is 4.66. The molecule has 5 aromatic rings. The average Bonchev–Trinajstić information content (AvgIpc) is 3.07. The van der Waals surface area contributed by atoms with Crippen molar-refractivity contribution in [2.45, 2.75) is 32.1 Å². The number of rotatable bonds is 12. The first-order valence-electron chi connectivity index (χ1n) is 14.8. The molecule has 8 heteroatoms. The van der Waals surface area contributed by atoms with Crippen LogP contribution in [0.4, 0.5) is 5.82 Å². The average molecular weight is 587 g/mol. The number of ketones is 1. The van der Waals surface area contributed by atoms with E-state index in [-0.39, 0.29) is 17.4 Å². The molecule has 1 aromatic heterocycles. The zero-order chi connectivity index (χ0) is 30.1. The standard InChI is InChI=1S/C36H34N4O4/c41-29-16-19-40(18-9-17-37-35-32-14-7-8-15-33(32)36(42)39-38-35)34(22-29)28-20-30(43-24-26-10-3-1-4-11-26)23-31(21-28)44-25-27-12-5-2-6-13-27/h1-8,10-16,19-21,23,34H,9,17-18,22,24-25H2,(H,37,38)(H,39,42). The number of anilines is 1. The van der Waals surface area contributed by atoms with Gasteiger partial charge < -0.3 is 19.7 Å². The van der Waals surface area contributed by atoms with Gasteiger partial charge in [0.15, 0.2) is 11.6 Å². The fourth-order valence-electron chi connectivity index (χ4n) is 5.35. The van der Waals surface area contributed by atoms with E-state index in [1.54, 1.807) is 12.1 Å². The molecule has 0 aliphatic carbocycles. The second-order valence-corrected chi connectivity index (χ2v) is 10.8. The Morgan fingerprint density at radius 1 is 0.795 bits per heavy atom. The minimum absolute atomic E-state index is 0.0793. The Morgan fingerprint density at radius 3 is 2.07 bits per heavy atom. The molecule has 1 unspecified atom stereocenters. The Kier molecular flexibility index (Phi) is 8.97. The Labute approximate surface area is 256 Å². The van der Waals surface area contributed by atoms with E-state index in [0.717, 1.165) is 28.5 Å². The quantitative estimate of drug-likeness (QED) is 0.163. The van der Waals surface area contributed by atoms with E-state index in [4.69, 9.17) is 9.47 Å². The normalized spacial score (nSPS) is 14.5. The second kappa shape index (κ2) is 13.7. The van der Waals surface area contributed by atoms with Crippen LogP contribution in [0.3, 0.4) is 0 Å². The number of benzene rings is 4. The van der Waals surface area contributed by atoms with Gasteiger partial charge in [-0.15, -0.1) is 0 Å². The number of hydrogen-bond acceptors (Lipinski definition) is 7. The van der Waals surface area contributed by atoms with E-state index in [1.165, 1.54) is 0 Å². The first-order chi connectivity index (χ1) is 21.6. The summed E-state index contributed by atoms with van der Waals surface area (Å²) in [6.45, 7) is 2.20. The van der Waals surface area contributed by atoms with Crippen molar-refractivity contribution in [1.29, 1.82) is 0 Å². The third kappa shape index (κ3) is 7.15. The summed E-state index contributed by atoms with van der Waals surface area (Å²) in [5, 5.41) is 11.5. The lowest BCUT2D eigenvalue weighted by Crippen LogP contribution is -2.31. The number of carbonyl (C=O) groups is 1. The van der Waals surface area contributed by atoms with Gasteiger partial charge in [0, 0.05) is 37.2 Å². The largest absolute Gasteiger partial charge is 0.489 e. The monoisotopic (exact) mass is 586 g/mol. The third-order valence-electron chi connectivity index (χ3n) is 7.61. The zero-order valence-electron chi connectivity index (χ0n) is 24.3. The third-order valence-corrected chi connectivity index (χ3v) is 7.61. The number of nitrogens with one attached hydrogen (secondary N) is 2. The van der Waals surface area contributed by atoms with Crippen molar-refractivity contribution in [3.63, 3.8) is 0 Å². The van der Waals surface area contributed by atoms with Crippen LogP contribution in [0.2, 0.25) is 0 Å². The molecular formula is C36H34N4O4. The molecule has 0 bridgehead atoms. The van der Waals surface area contributed by atoms with Gasteiger partial charge in [-0.05, 0) is 47.4 Å². The molecule has 44 heavy (non-hydrogen) atoms. The zero-order valence-corrected chi connectivity index (χ0v) is 24.3. The van der Waals surface area contributed by atoms with Crippen LogP contribution >= 0.6 is 0 Å². The van der Waals surface area contributed by atoms with Crippen molar-refractivity contribution in [3.8, 4) is 11.5 Å². The number of hydrogen-bond donors (Lipinski definition) is 2. The summed E-state index contributed by atoms with van der Waals surface area (Å²) >= 11 is 0. The molecule has 2 heterocycles. The molecule has 8 nitrogen and oxygen atoms in total. The van der Waals surface area contributed by atoms with Gasteiger partial charge in [0.05, 0.1) is 11.4 Å². The van der Waals surface area contributed by atoms with Gasteiger partial charge in [0.25, 0.3) is 5.56 Å². The Bertz CT molecular complexity index is 1740. The van der Waals surface area contributed by atoms with Crippen LogP contribution in [0.1, 0.15) is 35.6 Å². The molecule has 4 aromatic carbocycles. The highest BCUT2D eigenvalue weighted by molar-refractivity contribution is 5.91. The van der Waals surface area contributed by atoms with Gasteiger partial charge in [-0.1, -0.05) is 78.9 Å². The van der Waals surface area contributed by atoms with E-state index >= 15 is 0 Å². The van der Waals surface area contributed by atoms with Crippen LogP contribution in [0.15, 0.2) is 120 Å². The number of nitrogens with zero attached hydrogens (tertiary/aromatic N) is 2. The van der Waals surface area contributed by atoms with E-state index < -0.39 is 0 Å². The number of ether oxygens (including phenoxy) is 2. The predicted molar refractivity (Wildman–Crippen MR) is 172 cm³/mol. The van der Waals surface area contributed by atoms with Crippen LogP contribution in [-0.2, 0) is 18.0 Å². The van der Waals surface area contributed by atoms with Gasteiger partial charge in [0.2, 0.25) is 0 Å². The number of aromatic amines is 1. The van der Waals surface area contributed by atoms with Crippen LogP contribution in [0.5, 0.6) is 11.5 Å². The van der Waals surface area contributed by atoms with Gasteiger partial charge >= 0.3 is 0 Å². The molecule has 1 atom stereocenters. The maximum absolute atomic E-state index is 12.6. The van der Waals surface area contributed by atoms with E-state index in [9.17, 15) is 9.59 Å². The maximum atomic E-state index is 12.6. The van der Waals surface area contributed by atoms with Gasteiger partial charge in [-0.3, -0.25) is 9.59 Å². The highest BCUT2D eigenvalue weighted by atomic mass is 16.5. The van der Waals surface area contributed by atoms with Gasteiger partial charge in [-0.25, -0.2) is 5.10 Å². The highest BCUT2D eigenvalue weighted by Crippen LogP contribution is 2.34. The molecule has 6 rings (SSSR count). The second-order valence-electron chi connectivity index (χ2n) is 10.8. The molecule has 0 radical (unpaired) electrons. The Hall–Kier alpha value is -5.37. The van der Waals surface area contributed by atoms with Crippen molar-refractivity contribution in [2.24, 2.45) is 0 Å². The molecule has 0 fully saturated rings. The van der Waals surface area contributed by atoms with Crippen molar-refractivity contribution in [2.75, 3.05) is 18.4 Å².